The fraction of sp³-hybridized carbons (Fsp3) is 0.250. The molecule has 22 heavy (non-hydrogen) atoms. The zero-order chi connectivity index (χ0) is 15.9. The number of pyridine rings is 1. The second-order valence-electron chi connectivity index (χ2n) is 4.81. The Balaban J connectivity index is 1.97. The minimum atomic E-state index is -0.590. The van der Waals surface area contributed by atoms with Crippen molar-refractivity contribution >= 4 is 6.03 Å². The van der Waals surface area contributed by atoms with Crippen molar-refractivity contribution < 1.29 is 13.6 Å². The number of benzene rings is 1. The van der Waals surface area contributed by atoms with Crippen LogP contribution in [0.15, 0.2) is 42.7 Å². The average molecular weight is 305 g/mol. The fourth-order valence-corrected chi connectivity index (χ4v) is 2.07. The molecule has 0 bridgehead atoms. The molecule has 6 heteroatoms. The molecule has 0 aliphatic heterocycles. The Bertz CT molecular complexity index is 635. The van der Waals surface area contributed by atoms with Gasteiger partial charge in [0.1, 0.15) is 11.6 Å². The quantitative estimate of drug-likeness (QED) is 0.890. The van der Waals surface area contributed by atoms with Gasteiger partial charge in [-0.05, 0) is 42.3 Å². The molecule has 0 aliphatic rings. The van der Waals surface area contributed by atoms with Crippen LogP contribution >= 0.6 is 0 Å². The highest BCUT2D eigenvalue weighted by molar-refractivity contribution is 5.74. The third-order valence-electron chi connectivity index (χ3n) is 3.25. The Hall–Kier alpha value is -2.50. The van der Waals surface area contributed by atoms with Crippen LogP contribution in [0.5, 0.6) is 0 Å². The Labute approximate surface area is 127 Å². The van der Waals surface area contributed by atoms with Crippen molar-refractivity contribution in [3.63, 3.8) is 0 Å². The zero-order valence-corrected chi connectivity index (χ0v) is 12.1. The molecule has 1 aromatic carbocycles. The lowest BCUT2D eigenvalue weighted by atomic mass is 10.0. The number of hydrogen-bond donors (Lipinski definition) is 2. The molecule has 4 nitrogen and oxygen atoms in total. The summed E-state index contributed by atoms with van der Waals surface area (Å²) >= 11 is 0. The predicted molar refractivity (Wildman–Crippen MR) is 79.0 cm³/mol. The lowest BCUT2D eigenvalue weighted by Gasteiger charge is -2.18. The first-order valence-electron chi connectivity index (χ1n) is 6.98. The predicted octanol–water partition coefficient (Wildman–Crippen LogP) is 3.31. The molecule has 2 rings (SSSR count). The number of nitrogens with zero attached hydrogens (tertiary/aromatic N) is 1. The van der Waals surface area contributed by atoms with Gasteiger partial charge in [0.15, 0.2) is 0 Å². The number of rotatable bonds is 5. The molecule has 2 amide bonds. The minimum absolute atomic E-state index is 0.140. The summed E-state index contributed by atoms with van der Waals surface area (Å²) < 4.78 is 27.0. The van der Waals surface area contributed by atoms with Crippen molar-refractivity contribution in [2.24, 2.45) is 0 Å². The summed E-state index contributed by atoms with van der Waals surface area (Å²) in [5.74, 6) is -1.07. The number of aromatic nitrogens is 1. The lowest BCUT2D eigenvalue weighted by molar-refractivity contribution is 0.236. The van der Waals surface area contributed by atoms with Gasteiger partial charge in [-0.25, -0.2) is 13.6 Å². The Kier molecular flexibility index (Phi) is 5.41. The number of nitrogens with one attached hydrogen (secondary N) is 2. The van der Waals surface area contributed by atoms with Gasteiger partial charge in [0.25, 0.3) is 0 Å². The summed E-state index contributed by atoms with van der Waals surface area (Å²) in [6.45, 7) is 2.12. The third kappa shape index (κ3) is 4.25. The molecule has 0 aliphatic carbocycles. The summed E-state index contributed by atoms with van der Waals surface area (Å²) in [7, 11) is 0. The summed E-state index contributed by atoms with van der Waals surface area (Å²) in [6, 6.07) is 5.75. The number of urea groups is 1. The number of halogens is 2. The molecule has 0 radical (unpaired) electrons. The van der Waals surface area contributed by atoms with Crippen LogP contribution in [-0.2, 0) is 6.54 Å². The Morgan fingerprint density at radius 3 is 2.64 bits per heavy atom. The van der Waals surface area contributed by atoms with Crippen molar-refractivity contribution in [3.05, 3.63) is 65.5 Å². The number of carbonyl (C=O) groups is 1. The second kappa shape index (κ2) is 7.49. The molecule has 1 unspecified atom stereocenters. The largest absolute Gasteiger partial charge is 0.334 e. The fourth-order valence-electron chi connectivity index (χ4n) is 2.07. The van der Waals surface area contributed by atoms with Gasteiger partial charge >= 0.3 is 6.03 Å². The maximum absolute atomic E-state index is 13.8. The maximum Gasteiger partial charge on any atom is 0.315 e. The number of amides is 2. The van der Waals surface area contributed by atoms with E-state index in [1.54, 1.807) is 31.5 Å². The normalized spacial score (nSPS) is 11.8. The van der Waals surface area contributed by atoms with Crippen molar-refractivity contribution in [1.82, 2.24) is 15.6 Å². The maximum atomic E-state index is 13.8. The smallest absolute Gasteiger partial charge is 0.315 e. The molecule has 1 heterocycles. The van der Waals surface area contributed by atoms with E-state index in [0.717, 1.165) is 23.8 Å². The SMILES string of the molecule is CCC(NC(=O)NCc1ccncc1)c1cc(F)ccc1F. The van der Waals surface area contributed by atoms with Gasteiger partial charge in [0, 0.05) is 24.5 Å². The molecule has 0 spiro atoms. The van der Waals surface area contributed by atoms with E-state index in [-0.39, 0.29) is 5.56 Å². The third-order valence-corrected chi connectivity index (χ3v) is 3.25. The first-order chi connectivity index (χ1) is 10.6. The van der Waals surface area contributed by atoms with Crippen LogP contribution in [-0.4, -0.2) is 11.0 Å². The van der Waals surface area contributed by atoms with Crippen LogP contribution in [0.1, 0.15) is 30.5 Å². The molecule has 0 fully saturated rings. The number of carbonyl (C=O) groups excluding carboxylic acids is 1. The van der Waals surface area contributed by atoms with Crippen LogP contribution in [0.3, 0.4) is 0 Å². The zero-order valence-electron chi connectivity index (χ0n) is 12.1. The Morgan fingerprint density at radius 1 is 1.23 bits per heavy atom. The van der Waals surface area contributed by atoms with Crippen molar-refractivity contribution in [2.75, 3.05) is 0 Å². The van der Waals surface area contributed by atoms with Gasteiger partial charge in [0.2, 0.25) is 0 Å². The van der Waals surface area contributed by atoms with E-state index in [1.807, 2.05) is 0 Å². The van der Waals surface area contributed by atoms with Gasteiger partial charge in [-0.1, -0.05) is 6.92 Å². The van der Waals surface area contributed by atoms with Crippen LogP contribution < -0.4 is 10.6 Å². The summed E-state index contributed by atoms with van der Waals surface area (Å²) in [6.07, 6.45) is 3.71. The minimum Gasteiger partial charge on any atom is -0.334 e. The van der Waals surface area contributed by atoms with Crippen LogP contribution in [0.2, 0.25) is 0 Å². The van der Waals surface area contributed by atoms with Crippen LogP contribution in [0, 0.1) is 11.6 Å². The van der Waals surface area contributed by atoms with Crippen molar-refractivity contribution in [3.8, 4) is 0 Å². The monoisotopic (exact) mass is 305 g/mol. The van der Waals surface area contributed by atoms with E-state index in [1.165, 1.54) is 0 Å². The van der Waals surface area contributed by atoms with Gasteiger partial charge in [0.05, 0.1) is 6.04 Å². The van der Waals surface area contributed by atoms with Gasteiger partial charge < -0.3 is 10.6 Å². The lowest BCUT2D eigenvalue weighted by Crippen LogP contribution is -2.37. The van der Waals surface area contributed by atoms with Gasteiger partial charge in [-0.15, -0.1) is 0 Å². The van der Waals surface area contributed by atoms with Gasteiger partial charge in [-0.2, -0.15) is 0 Å². The molecule has 2 aromatic rings. The molecule has 0 saturated heterocycles. The summed E-state index contributed by atoms with van der Waals surface area (Å²) in [4.78, 5) is 15.8. The molecule has 1 atom stereocenters. The molecule has 0 saturated carbocycles. The highest BCUT2D eigenvalue weighted by atomic mass is 19.1. The van der Waals surface area contributed by atoms with Crippen molar-refractivity contribution in [1.29, 1.82) is 0 Å². The van der Waals surface area contributed by atoms with Crippen LogP contribution in [0.4, 0.5) is 13.6 Å². The molecule has 1 aromatic heterocycles. The van der Waals surface area contributed by atoms with E-state index in [2.05, 4.69) is 15.6 Å². The molecular weight excluding hydrogens is 288 g/mol. The molecule has 2 N–H and O–H groups in total. The average Bonchev–Trinajstić information content (AvgIpc) is 2.54. The summed E-state index contributed by atoms with van der Waals surface area (Å²) in [5.41, 5.74) is 1.04. The summed E-state index contributed by atoms with van der Waals surface area (Å²) in [5, 5.41) is 5.32. The van der Waals surface area contributed by atoms with E-state index >= 15 is 0 Å². The van der Waals surface area contributed by atoms with Gasteiger partial charge in [-0.3, -0.25) is 4.98 Å². The molecular formula is C16H17F2N3O. The van der Waals surface area contributed by atoms with E-state index < -0.39 is 23.7 Å². The van der Waals surface area contributed by atoms with E-state index in [9.17, 15) is 13.6 Å². The topological polar surface area (TPSA) is 54.0 Å². The van der Waals surface area contributed by atoms with Crippen molar-refractivity contribution in [2.45, 2.75) is 25.9 Å². The Morgan fingerprint density at radius 2 is 1.95 bits per heavy atom. The number of hydrogen-bond acceptors (Lipinski definition) is 2. The highest BCUT2D eigenvalue weighted by Crippen LogP contribution is 2.21. The van der Waals surface area contributed by atoms with E-state index in [4.69, 9.17) is 0 Å². The van der Waals surface area contributed by atoms with Crippen LogP contribution in [0.25, 0.3) is 0 Å². The second-order valence-corrected chi connectivity index (χ2v) is 4.81. The highest BCUT2D eigenvalue weighted by Gasteiger charge is 2.17. The van der Waals surface area contributed by atoms with E-state index in [0.29, 0.717) is 13.0 Å². The first kappa shape index (κ1) is 15.9. The first-order valence-corrected chi connectivity index (χ1v) is 6.98. The molecule has 116 valence electrons. The standard InChI is InChI=1S/C16H17F2N3O/c1-2-15(13-9-12(17)3-4-14(13)18)21-16(22)20-10-11-5-7-19-8-6-11/h3-9,15H,2,10H2,1H3,(H2,20,21,22).